The van der Waals surface area contributed by atoms with Gasteiger partial charge in [0.2, 0.25) is 0 Å². The Morgan fingerprint density at radius 1 is 1.24 bits per heavy atom. The average molecular weight is 304 g/mol. The molecule has 2 aromatic rings. The van der Waals surface area contributed by atoms with E-state index in [0.29, 0.717) is 5.69 Å². The van der Waals surface area contributed by atoms with Gasteiger partial charge in [-0.15, -0.1) is 5.11 Å². The molecule has 0 amide bonds. The number of azo groups is 1. The summed E-state index contributed by atoms with van der Waals surface area (Å²) >= 11 is 4.28. The topological polar surface area (TPSA) is 62.0 Å². The highest BCUT2D eigenvalue weighted by Crippen LogP contribution is 2.27. The molecular formula is C15H13FN2O2S. The number of hydrogen-bond donors (Lipinski definition) is 2. The minimum Gasteiger partial charge on any atom is -0.478 e. The van der Waals surface area contributed by atoms with E-state index >= 15 is 0 Å². The maximum absolute atomic E-state index is 13.7. The van der Waals surface area contributed by atoms with Crippen LogP contribution in [0.5, 0.6) is 0 Å². The van der Waals surface area contributed by atoms with Crippen LogP contribution in [0.25, 0.3) is 0 Å². The van der Waals surface area contributed by atoms with Crippen molar-refractivity contribution in [2.24, 2.45) is 10.2 Å². The molecular weight excluding hydrogens is 291 g/mol. The molecule has 0 aliphatic rings. The van der Waals surface area contributed by atoms with Crippen molar-refractivity contribution in [3.63, 3.8) is 0 Å². The summed E-state index contributed by atoms with van der Waals surface area (Å²) in [5.74, 6) is -1.55. The van der Waals surface area contributed by atoms with Crippen LogP contribution in [0.2, 0.25) is 0 Å². The van der Waals surface area contributed by atoms with Gasteiger partial charge in [-0.3, -0.25) is 0 Å². The lowest BCUT2D eigenvalue weighted by Crippen LogP contribution is -1.94. The molecule has 21 heavy (non-hydrogen) atoms. The van der Waals surface area contributed by atoms with E-state index in [9.17, 15) is 9.18 Å². The van der Waals surface area contributed by atoms with Gasteiger partial charge in [0, 0.05) is 5.25 Å². The summed E-state index contributed by atoms with van der Waals surface area (Å²) in [5.41, 5.74) is 1.37. The second-order valence-corrected chi connectivity index (χ2v) is 5.22. The molecule has 0 heterocycles. The molecule has 1 N–H and O–H groups in total. The number of aromatic carboxylic acids is 1. The van der Waals surface area contributed by atoms with Crippen molar-refractivity contribution >= 4 is 30.0 Å². The maximum atomic E-state index is 13.7. The maximum Gasteiger partial charge on any atom is 0.335 e. The number of thiol groups is 1. The normalized spacial score (nSPS) is 12.5. The smallest absolute Gasteiger partial charge is 0.335 e. The zero-order chi connectivity index (χ0) is 15.4. The summed E-state index contributed by atoms with van der Waals surface area (Å²) in [7, 11) is 0. The largest absolute Gasteiger partial charge is 0.478 e. The molecule has 0 saturated heterocycles. The van der Waals surface area contributed by atoms with Crippen molar-refractivity contribution in [3.8, 4) is 0 Å². The molecule has 0 fully saturated rings. The van der Waals surface area contributed by atoms with Crippen LogP contribution in [0.1, 0.15) is 28.1 Å². The molecule has 0 aliphatic carbocycles. The molecule has 4 nitrogen and oxygen atoms in total. The first-order chi connectivity index (χ1) is 9.97. The number of carboxylic acids is 1. The molecule has 108 valence electrons. The fourth-order valence-electron chi connectivity index (χ4n) is 1.68. The van der Waals surface area contributed by atoms with Crippen molar-refractivity contribution in [2.75, 3.05) is 0 Å². The highest BCUT2D eigenvalue weighted by molar-refractivity contribution is 7.80. The lowest BCUT2D eigenvalue weighted by atomic mass is 10.1. The van der Waals surface area contributed by atoms with E-state index in [0.717, 1.165) is 5.56 Å². The number of carbonyl (C=O) groups is 1. The predicted molar refractivity (Wildman–Crippen MR) is 81.4 cm³/mol. The minimum atomic E-state index is -1.05. The van der Waals surface area contributed by atoms with Crippen molar-refractivity contribution in [3.05, 3.63) is 59.4 Å². The number of benzene rings is 2. The third-order valence-corrected chi connectivity index (χ3v) is 3.12. The standard InChI is InChI=1S/C15H13FN2O2S/c1-9(21)10-5-6-13(16)14(8-10)18-17-12-4-2-3-11(7-12)15(19)20/h2-9,21H,1H3,(H,19,20)/b18-17+. The summed E-state index contributed by atoms with van der Waals surface area (Å²) in [6.07, 6.45) is 0. The second kappa shape index (κ2) is 6.49. The summed E-state index contributed by atoms with van der Waals surface area (Å²) < 4.78 is 13.7. The average Bonchev–Trinajstić information content (AvgIpc) is 2.46. The molecule has 2 rings (SSSR count). The predicted octanol–water partition coefficient (Wildman–Crippen LogP) is 4.93. The second-order valence-electron chi connectivity index (χ2n) is 4.44. The molecule has 0 spiro atoms. The van der Waals surface area contributed by atoms with Gasteiger partial charge in [-0.2, -0.15) is 17.7 Å². The molecule has 0 radical (unpaired) electrons. The van der Waals surface area contributed by atoms with Crippen molar-refractivity contribution < 1.29 is 14.3 Å². The molecule has 6 heteroatoms. The Kier molecular flexibility index (Phi) is 4.70. The van der Waals surface area contributed by atoms with Gasteiger partial charge in [0.15, 0.2) is 5.82 Å². The van der Waals surface area contributed by atoms with Crippen LogP contribution in [0.15, 0.2) is 52.7 Å². The van der Waals surface area contributed by atoms with Crippen LogP contribution in [-0.4, -0.2) is 11.1 Å². The quantitative estimate of drug-likeness (QED) is 0.621. The van der Waals surface area contributed by atoms with Crippen LogP contribution in [0.3, 0.4) is 0 Å². The minimum absolute atomic E-state index is 0.0464. The highest BCUT2D eigenvalue weighted by atomic mass is 32.1. The zero-order valence-corrected chi connectivity index (χ0v) is 12.1. The number of carboxylic acid groups (broad SMARTS) is 1. The van der Waals surface area contributed by atoms with Gasteiger partial charge in [-0.1, -0.05) is 12.1 Å². The fourth-order valence-corrected chi connectivity index (χ4v) is 1.84. The first-order valence-corrected chi connectivity index (χ1v) is 6.71. The van der Waals surface area contributed by atoms with Crippen LogP contribution in [-0.2, 0) is 0 Å². The first-order valence-electron chi connectivity index (χ1n) is 6.20. The van der Waals surface area contributed by atoms with Gasteiger partial charge >= 0.3 is 5.97 Å². The van der Waals surface area contributed by atoms with Crippen LogP contribution < -0.4 is 0 Å². The summed E-state index contributed by atoms with van der Waals surface area (Å²) in [5, 5.41) is 16.6. The Labute approximate surface area is 126 Å². The Hall–Kier alpha value is -2.21. The van der Waals surface area contributed by atoms with Crippen LogP contribution in [0.4, 0.5) is 15.8 Å². The molecule has 1 unspecified atom stereocenters. The number of halogens is 1. The Bertz CT molecular complexity index is 702. The molecule has 1 atom stereocenters. The third-order valence-electron chi connectivity index (χ3n) is 2.82. The van der Waals surface area contributed by atoms with E-state index in [2.05, 4.69) is 22.9 Å². The lowest BCUT2D eigenvalue weighted by molar-refractivity contribution is 0.0697. The van der Waals surface area contributed by atoms with Gasteiger partial charge in [0.25, 0.3) is 0 Å². The summed E-state index contributed by atoms with van der Waals surface area (Å²) in [6, 6.07) is 10.5. The van der Waals surface area contributed by atoms with Gasteiger partial charge in [0.1, 0.15) is 5.69 Å². The van der Waals surface area contributed by atoms with Crippen LogP contribution >= 0.6 is 12.6 Å². The van der Waals surface area contributed by atoms with Crippen molar-refractivity contribution in [1.29, 1.82) is 0 Å². The Morgan fingerprint density at radius 3 is 2.67 bits per heavy atom. The Balaban J connectivity index is 2.31. The van der Waals surface area contributed by atoms with Crippen molar-refractivity contribution in [2.45, 2.75) is 12.2 Å². The van der Waals surface area contributed by atoms with E-state index < -0.39 is 11.8 Å². The lowest BCUT2D eigenvalue weighted by Gasteiger charge is -2.05. The summed E-state index contributed by atoms with van der Waals surface area (Å²) in [4.78, 5) is 10.9. The first kappa shape index (κ1) is 15.2. The van der Waals surface area contributed by atoms with E-state index in [1.807, 2.05) is 6.92 Å². The van der Waals surface area contributed by atoms with E-state index in [1.165, 1.54) is 18.2 Å². The van der Waals surface area contributed by atoms with E-state index in [4.69, 9.17) is 5.11 Å². The van der Waals surface area contributed by atoms with Gasteiger partial charge < -0.3 is 5.11 Å². The van der Waals surface area contributed by atoms with E-state index in [-0.39, 0.29) is 16.5 Å². The summed E-state index contributed by atoms with van der Waals surface area (Å²) in [6.45, 7) is 1.87. The van der Waals surface area contributed by atoms with Gasteiger partial charge in [-0.25, -0.2) is 9.18 Å². The molecule has 0 aliphatic heterocycles. The number of rotatable bonds is 4. The third kappa shape index (κ3) is 3.88. The van der Waals surface area contributed by atoms with Crippen molar-refractivity contribution in [1.82, 2.24) is 0 Å². The number of hydrogen-bond acceptors (Lipinski definition) is 4. The molecule has 0 bridgehead atoms. The zero-order valence-electron chi connectivity index (χ0n) is 11.2. The van der Waals surface area contributed by atoms with E-state index in [1.54, 1.807) is 24.3 Å². The molecule has 0 aromatic heterocycles. The van der Waals surface area contributed by atoms with Gasteiger partial charge in [-0.05, 0) is 42.8 Å². The fraction of sp³-hybridized carbons (Fsp3) is 0.133. The number of nitrogens with zero attached hydrogens (tertiary/aromatic N) is 2. The van der Waals surface area contributed by atoms with Gasteiger partial charge in [0.05, 0.1) is 11.3 Å². The molecule has 0 saturated carbocycles. The SMILES string of the molecule is CC(S)c1ccc(F)c(/N=N/c2cccc(C(=O)O)c2)c1. The van der Waals surface area contributed by atoms with Crippen LogP contribution in [0, 0.1) is 5.82 Å². The monoisotopic (exact) mass is 304 g/mol. The Morgan fingerprint density at radius 2 is 2.00 bits per heavy atom. The molecule has 2 aromatic carbocycles. The highest BCUT2D eigenvalue weighted by Gasteiger charge is 2.07.